The van der Waals surface area contributed by atoms with Crippen LogP contribution in [0.5, 0.6) is 0 Å². The van der Waals surface area contributed by atoms with Crippen molar-refractivity contribution in [2.24, 2.45) is 0 Å². The Kier molecular flexibility index (Phi) is 3.72. The van der Waals surface area contributed by atoms with Gasteiger partial charge in [0.1, 0.15) is 6.04 Å². The molecule has 0 radical (unpaired) electrons. The summed E-state index contributed by atoms with van der Waals surface area (Å²) in [6.07, 6.45) is 0. The minimum atomic E-state index is -3.70. The molecule has 1 aromatic heterocycles. The van der Waals surface area contributed by atoms with E-state index in [-0.39, 0.29) is 10.8 Å². The quantitative estimate of drug-likeness (QED) is 0.916. The highest BCUT2D eigenvalue weighted by Gasteiger charge is 2.40. The Morgan fingerprint density at radius 1 is 1.50 bits per heavy atom. The SMILES string of the molecule is Cc1cc(S(=O)(=O)N2CSCC2C(=O)O)c(C)s1. The average molecular weight is 307 g/mol. The van der Waals surface area contributed by atoms with Crippen LogP contribution in [0.2, 0.25) is 0 Å². The van der Waals surface area contributed by atoms with Crippen LogP contribution < -0.4 is 0 Å². The number of thiophene rings is 1. The fourth-order valence-electron chi connectivity index (χ4n) is 1.85. The van der Waals surface area contributed by atoms with Gasteiger partial charge in [-0.15, -0.1) is 23.1 Å². The Labute approximate surface area is 114 Å². The van der Waals surface area contributed by atoms with Crippen molar-refractivity contribution in [3.05, 3.63) is 15.8 Å². The summed E-state index contributed by atoms with van der Waals surface area (Å²) in [6, 6.07) is 0.650. The molecule has 0 saturated carbocycles. The summed E-state index contributed by atoms with van der Waals surface area (Å²) < 4.78 is 26.0. The minimum absolute atomic E-state index is 0.202. The number of hydrogen-bond donors (Lipinski definition) is 1. The molecule has 1 unspecified atom stereocenters. The highest BCUT2D eigenvalue weighted by molar-refractivity contribution is 8.00. The van der Waals surface area contributed by atoms with E-state index >= 15 is 0 Å². The molecule has 0 aliphatic carbocycles. The highest BCUT2D eigenvalue weighted by Crippen LogP contribution is 2.32. The second-order valence-corrected chi connectivity index (χ2v) is 8.34. The molecule has 0 amide bonds. The predicted molar refractivity (Wildman–Crippen MR) is 71.6 cm³/mol. The fourth-order valence-corrected chi connectivity index (χ4v) is 6.51. The summed E-state index contributed by atoms with van der Waals surface area (Å²) in [7, 11) is -3.70. The van der Waals surface area contributed by atoms with Crippen LogP contribution in [0.3, 0.4) is 0 Å². The van der Waals surface area contributed by atoms with Crippen LogP contribution in [0, 0.1) is 13.8 Å². The van der Waals surface area contributed by atoms with Crippen LogP contribution in [0.1, 0.15) is 9.75 Å². The minimum Gasteiger partial charge on any atom is -0.480 e. The average Bonchev–Trinajstić information content (AvgIpc) is 2.84. The zero-order valence-corrected chi connectivity index (χ0v) is 12.4. The summed E-state index contributed by atoms with van der Waals surface area (Å²) in [5.74, 6) is -0.585. The number of nitrogens with zero attached hydrogens (tertiary/aromatic N) is 1. The first-order valence-corrected chi connectivity index (χ1v) is 8.64. The van der Waals surface area contributed by atoms with E-state index in [1.165, 1.54) is 23.1 Å². The zero-order chi connectivity index (χ0) is 13.5. The standard InChI is InChI=1S/C10H13NO4S3/c1-6-3-9(7(2)17-6)18(14,15)11-5-16-4-8(11)10(12)13/h3,8H,4-5H2,1-2H3,(H,12,13). The van der Waals surface area contributed by atoms with Gasteiger partial charge in [-0.25, -0.2) is 8.42 Å². The summed E-state index contributed by atoms with van der Waals surface area (Å²) in [5, 5.41) is 9.05. The monoisotopic (exact) mass is 307 g/mol. The third kappa shape index (κ3) is 2.29. The van der Waals surface area contributed by atoms with E-state index in [0.29, 0.717) is 10.6 Å². The summed E-state index contributed by atoms with van der Waals surface area (Å²) in [4.78, 5) is 12.9. The molecule has 1 aromatic rings. The van der Waals surface area contributed by atoms with Crippen molar-refractivity contribution in [2.75, 3.05) is 11.6 Å². The molecule has 0 bridgehead atoms. The number of aryl methyl sites for hydroxylation is 2. The van der Waals surface area contributed by atoms with Crippen molar-refractivity contribution in [2.45, 2.75) is 24.8 Å². The van der Waals surface area contributed by atoms with Gasteiger partial charge in [-0.05, 0) is 19.9 Å². The van der Waals surface area contributed by atoms with Crippen LogP contribution >= 0.6 is 23.1 Å². The lowest BCUT2D eigenvalue weighted by Gasteiger charge is -2.19. The van der Waals surface area contributed by atoms with E-state index in [1.807, 2.05) is 6.92 Å². The Balaban J connectivity index is 2.43. The number of sulfonamides is 1. The van der Waals surface area contributed by atoms with E-state index in [9.17, 15) is 13.2 Å². The van der Waals surface area contributed by atoms with Crippen molar-refractivity contribution in [3.63, 3.8) is 0 Å². The molecule has 1 aliphatic heterocycles. The zero-order valence-electron chi connectivity index (χ0n) is 9.91. The van der Waals surface area contributed by atoms with Gasteiger partial charge in [0.2, 0.25) is 10.0 Å². The van der Waals surface area contributed by atoms with Gasteiger partial charge in [0, 0.05) is 15.5 Å². The third-order valence-corrected chi connectivity index (χ3v) is 6.96. The molecule has 0 spiro atoms. The van der Waals surface area contributed by atoms with Crippen molar-refractivity contribution < 1.29 is 18.3 Å². The van der Waals surface area contributed by atoms with Crippen LogP contribution in [-0.4, -0.2) is 41.5 Å². The number of hydrogen-bond acceptors (Lipinski definition) is 5. The Morgan fingerprint density at radius 3 is 2.67 bits per heavy atom. The molecule has 1 saturated heterocycles. The second kappa shape index (κ2) is 4.84. The van der Waals surface area contributed by atoms with Crippen molar-refractivity contribution in [1.29, 1.82) is 0 Å². The first-order chi connectivity index (χ1) is 8.34. The first-order valence-electron chi connectivity index (χ1n) is 5.23. The molecule has 1 fully saturated rings. The van der Waals surface area contributed by atoms with E-state index < -0.39 is 22.0 Å². The highest BCUT2D eigenvalue weighted by atomic mass is 32.2. The van der Waals surface area contributed by atoms with E-state index in [2.05, 4.69) is 0 Å². The smallest absolute Gasteiger partial charge is 0.322 e. The first kappa shape index (κ1) is 13.9. The molecule has 100 valence electrons. The van der Waals surface area contributed by atoms with Crippen molar-refractivity contribution in [3.8, 4) is 0 Å². The molecule has 0 aromatic carbocycles. The van der Waals surface area contributed by atoms with Crippen LogP contribution in [0.4, 0.5) is 0 Å². The van der Waals surface area contributed by atoms with E-state index in [4.69, 9.17) is 5.11 Å². The Hall–Kier alpha value is -0.570. The molecule has 1 N–H and O–H groups in total. The number of carboxylic acid groups (broad SMARTS) is 1. The van der Waals surface area contributed by atoms with Gasteiger partial charge < -0.3 is 5.11 Å². The van der Waals surface area contributed by atoms with Crippen LogP contribution in [0.15, 0.2) is 11.0 Å². The van der Waals surface area contributed by atoms with Gasteiger partial charge in [0.25, 0.3) is 0 Å². The van der Waals surface area contributed by atoms with Gasteiger partial charge in [-0.3, -0.25) is 4.79 Å². The molecule has 2 rings (SSSR count). The molecule has 1 aliphatic rings. The van der Waals surface area contributed by atoms with Crippen LogP contribution in [0.25, 0.3) is 0 Å². The largest absolute Gasteiger partial charge is 0.480 e. The normalized spacial score (nSPS) is 21.3. The van der Waals surface area contributed by atoms with E-state index in [0.717, 1.165) is 9.18 Å². The lowest BCUT2D eigenvalue weighted by atomic mass is 10.4. The van der Waals surface area contributed by atoms with Crippen molar-refractivity contribution >= 4 is 39.1 Å². The Morgan fingerprint density at radius 2 is 2.17 bits per heavy atom. The summed E-state index contributed by atoms with van der Waals surface area (Å²) in [5.41, 5.74) is 0. The number of carboxylic acids is 1. The number of carbonyl (C=O) groups is 1. The van der Waals surface area contributed by atoms with Crippen molar-refractivity contribution in [1.82, 2.24) is 4.31 Å². The molecule has 2 heterocycles. The summed E-state index contributed by atoms with van der Waals surface area (Å²) in [6.45, 7) is 3.58. The third-order valence-electron chi connectivity index (χ3n) is 2.71. The van der Waals surface area contributed by atoms with Gasteiger partial charge >= 0.3 is 5.97 Å². The topological polar surface area (TPSA) is 74.7 Å². The maximum Gasteiger partial charge on any atom is 0.322 e. The Bertz CT molecular complexity index is 578. The molecular weight excluding hydrogens is 294 g/mol. The second-order valence-electron chi connectivity index (χ2n) is 4.02. The maximum atomic E-state index is 12.4. The van der Waals surface area contributed by atoms with Gasteiger partial charge in [-0.2, -0.15) is 4.31 Å². The fraction of sp³-hybridized carbons (Fsp3) is 0.500. The summed E-state index contributed by atoms with van der Waals surface area (Å²) >= 11 is 2.73. The van der Waals surface area contributed by atoms with Gasteiger partial charge in [0.05, 0.1) is 10.8 Å². The number of aliphatic carboxylic acids is 1. The molecule has 18 heavy (non-hydrogen) atoms. The van der Waals surface area contributed by atoms with E-state index in [1.54, 1.807) is 13.0 Å². The number of rotatable bonds is 3. The molecule has 8 heteroatoms. The predicted octanol–water partition coefficient (Wildman–Crippen LogP) is 1.51. The van der Waals surface area contributed by atoms with Gasteiger partial charge in [0.15, 0.2) is 0 Å². The maximum absolute atomic E-state index is 12.4. The molecular formula is C10H13NO4S3. The molecule has 5 nitrogen and oxygen atoms in total. The van der Waals surface area contributed by atoms with Gasteiger partial charge in [-0.1, -0.05) is 0 Å². The molecule has 1 atom stereocenters. The number of thioether (sulfide) groups is 1. The van der Waals surface area contributed by atoms with Crippen LogP contribution in [-0.2, 0) is 14.8 Å². The lowest BCUT2D eigenvalue weighted by molar-refractivity contribution is -0.140. The lowest BCUT2D eigenvalue weighted by Crippen LogP contribution is -2.41.